The predicted molar refractivity (Wildman–Crippen MR) is 79.1 cm³/mol. The van der Waals surface area contributed by atoms with Gasteiger partial charge in [-0.3, -0.25) is 4.79 Å². The van der Waals surface area contributed by atoms with Gasteiger partial charge in [0.1, 0.15) is 5.75 Å². The molecular formula is C13H17N3O2S. The summed E-state index contributed by atoms with van der Waals surface area (Å²) in [7, 11) is 0. The molecule has 1 aromatic carbocycles. The minimum absolute atomic E-state index is 0.0616. The van der Waals surface area contributed by atoms with Crippen LogP contribution < -0.4 is 20.7 Å². The summed E-state index contributed by atoms with van der Waals surface area (Å²) < 4.78 is 5.37. The molecule has 0 radical (unpaired) electrons. The maximum Gasteiger partial charge on any atom is 0.262 e. The van der Waals surface area contributed by atoms with Crippen molar-refractivity contribution >= 4 is 34.7 Å². The number of ether oxygens (including phenoxy) is 1. The number of carbonyl (C=O) groups excluding carboxylic acids is 1. The van der Waals surface area contributed by atoms with Gasteiger partial charge in [0.25, 0.3) is 5.91 Å². The Balaban J connectivity index is 1.92. The average molecular weight is 279 g/mol. The van der Waals surface area contributed by atoms with Gasteiger partial charge in [0.05, 0.1) is 17.1 Å². The molecule has 0 unspecified atom stereocenters. The van der Waals surface area contributed by atoms with E-state index >= 15 is 0 Å². The molecule has 1 fully saturated rings. The number of carbonyl (C=O) groups is 1. The summed E-state index contributed by atoms with van der Waals surface area (Å²) in [4.78, 5) is 13.7. The van der Waals surface area contributed by atoms with Gasteiger partial charge in [-0.25, -0.2) is 0 Å². The Morgan fingerprint density at radius 3 is 3.11 bits per heavy atom. The highest BCUT2D eigenvalue weighted by Gasteiger charge is 2.20. The Morgan fingerprint density at radius 1 is 1.32 bits per heavy atom. The van der Waals surface area contributed by atoms with Crippen molar-refractivity contribution < 1.29 is 9.53 Å². The number of nitrogens with zero attached hydrogens (tertiary/aromatic N) is 1. The summed E-state index contributed by atoms with van der Waals surface area (Å²) in [5, 5.41) is 2.83. The molecule has 1 saturated heterocycles. The zero-order valence-corrected chi connectivity index (χ0v) is 11.5. The summed E-state index contributed by atoms with van der Waals surface area (Å²) in [5.41, 5.74) is 8.54. The van der Waals surface area contributed by atoms with E-state index in [1.807, 2.05) is 23.9 Å². The first-order chi connectivity index (χ1) is 9.24. The maximum absolute atomic E-state index is 11.4. The normalized spacial score (nSPS) is 19.2. The van der Waals surface area contributed by atoms with Crippen molar-refractivity contribution in [2.24, 2.45) is 0 Å². The fraction of sp³-hybridized carbons (Fsp3) is 0.462. The molecule has 6 heteroatoms. The number of benzene rings is 1. The van der Waals surface area contributed by atoms with Crippen LogP contribution >= 0.6 is 11.8 Å². The van der Waals surface area contributed by atoms with Crippen LogP contribution in [0.5, 0.6) is 5.75 Å². The Labute approximate surface area is 116 Å². The third-order valence-electron chi connectivity index (χ3n) is 3.32. The predicted octanol–water partition coefficient (Wildman–Crippen LogP) is 1.54. The zero-order valence-electron chi connectivity index (χ0n) is 10.6. The zero-order chi connectivity index (χ0) is 13.2. The summed E-state index contributed by atoms with van der Waals surface area (Å²) in [6.07, 6.45) is 1.16. The molecule has 3 N–H and O–H groups in total. The summed E-state index contributed by atoms with van der Waals surface area (Å²) >= 11 is 1.97. The molecule has 0 aliphatic carbocycles. The van der Waals surface area contributed by atoms with E-state index in [1.54, 1.807) is 0 Å². The molecule has 5 nitrogen and oxygen atoms in total. The number of rotatable bonds is 1. The Hall–Kier alpha value is -1.56. The number of thioether (sulfide) groups is 1. The Bertz CT molecular complexity index is 499. The second kappa shape index (κ2) is 5.21. The molecule has 0 spiro atoms. The quantitative estimate of drug-likeness (QED) is 0.763. The molecule has 0 saturated carbocycles. The van der Waals surface area contributed by atoms with Crippen LogP contribution in [-0.2, 0) is 4.79 Å². The molecule has 2 aliphatic heterocycles. The number of nitrogen functional groups attached to an aromatic ring is 1. The van der Waals surface area contributed by atoms with E-state index in [0.29, 0.717) is 11.4 Å². The van der Waals surface area contributed by atoms with E-state index in [2.05, 4.69) is 10.2 Å². The van der Waals surface area contributed by atoms with Crippen molar-refractivity contribution in [3.63, 3.8) is 0 Å². The van der Waals surface area contributed by atoms with Crippen LogP contribution in [0.1, 0.15) is 6.42 Å². The van der Waals surface area contributed by atoms with Crippen LogP contribution in [0.15, 0.2) is 12.1 Å². The standard InChI is InChI=1S/C13H17N3O2S/c14-9-6-12-10(15-13(17)8-18-12)7-11(9)16-2-1-4-19-5-3-16/h6-7H,1-5,8,14H2,(H,15,17). The summed E-state index contributed by atoms with van der Waals surface area (Å²) in [5.74, 6) is 2.85. The number of hydrogen-bond donors (Lipinski definition) is 2. The molecule has 0 aromatic heterocycles. The highest BCUT2D eigenvalue weighted by molar-refractivity contribution is 7.99. The second-order valence-electron chi connectivity index (χ2n) is 4.70. The lowest BCUT2D eigenvalue weighted by molar-refractivity contribution is -0.118. The average Bonchev–Trinajstić information content (AvgIpc) is 2.67. The molecule has 2 heterocycles. The van der Waals surface area contributed by atoms with Crippen molar-refractivity contribution in [1.82, 2.24) is 0 Å². The van der Waals surface area contributed by atoms with E-state index in [-0.39, 0.29) is 12.5 Å². The highest BCUT2D eigenvalue weighted by atomic mass is 32.2. The molecule has 0 atom stereocenters. The van der Waals surface area contributed by atoms with Gasteiger partial charge in [-0.2, -0.15) is 11.8 Å². The number of fused-ring (bicyclic) bond motifs is 1. The smallest absolute Gasteiger partial charge is 0.262 e. The lowest BCUT2D eigenvalue weighted by Gasteiger charge is -2.27. The van der Waals surface area contributed by atoms with Gasteiger partial charge in [0.15, 0.2) is 6.61 Å². The SMILES string of the molecule is Nc1cc2c(cc1N1CCCSCC1)NC(=O)CO2. The van der Waals surface area contributed by atoms with E-state index in [4.69, 9.17) is 10.5 Å². The van der Waals surface area contributed by atoms with Crippen molar-refractivity contribution in [2.45, 2.75) is 6.42 Å². The topological polar surface area (TPSA) is 67.6 Å². The molecular weight excluding hydrogens is 262 g/mol. The van der Waals surface area contributed by atoms with Crippen molar-refractivity contribution in [1.29, 1.82) is 0 Å². The van der Waals surface area contributed by atoms with Crippen molar-refractivity contribution in [2.75, 3.05) is 47.2 Å². The monoisotopic (exact) mass is 279 g/mol. The summed E-state index contributed by atoms with van der Waals surface area (Å²) in [6, 6.07) is 3.74. The Kier molecular flexibility index (Phi) is 3.42. The molecule has 102 valence electrons. The maximum atomic E-state index is 11.4. The summed E-state index contributed by atoms with van der Waals surface area (Å²) in [6.45, 7) is 2.05. The molecule has 1 amide bonds. The lowest BCUT2D eigenvalue weighted by atomic mass is 10.1. The van der Waals surface area contributed by atoms with Crippen LogP contribution in [-0.4, -0.2) is 37.1 Å². The number of hydrogen-bond acceptors (Lipinski definition) is 5. The van der Waals surface area contributed by atoms with Gasteiger partial charge < -0.3 is 20.7 Å². The minimum Gasteiger partial charge on any atom is -0.482 e. The van der Waals surface area contributed by atoms with Crippen LogP contribution in [0.3, 0.4) is 0 Å². The fourth-order valence-corrected chi connectivity index (χ4v) is 3.28. The van der Waals surface area contributed by atoms with Gasteiger partial charge in [-0.05, 0) is 18.2 Å². The van der Waals surface area contributed by atoms with Gasteiger partial charge in [0, 0.05) is 24.9 Å². The highest BCUT2D eigenvalue weighted by Crippen LogP contribution is 2.37. The number of anilines is 3. The van der Waals surface area contributed by atoms with E-state index in [1.165, 1.54) is 5.75 Å². The van der Waals surface area contributed by atoms with Crippen LogP contribution in [0.4, 0.5) is 17.1 Å². The first-order valence-electron chi connectivity index (χ1n) is 6.43. The molecule has 19 heavy (non-hydrogen) atoms. The van der Waals surface area contributed by atoms with E-state index < -0.39 is 0 Å². The van der Waals surface area contributed by atoms with Gasteiger partial charge in [-0.15, -0.1) is 0 Å². The molecule has 1 aromatic rings. The molecule has 0 bridgehead atoms. The first kappa shape index (κ1) is 12.5. The van der Waals surface area contributed by atoms with Crippen molar-refractivity contribution in [3.8, 4) is 5.75 Å². The number of amides is 1. The van der Waals surface area contributed by atoms with Gasteiger partial charge in [-0.1, -0.05) is 0 Å². The third kappa shape index (κ3) is 2.58. The number of nitrogens with two attached hydrogens (primary N) is 1. The largest absolute Gasteiger partial charge is 0.482 e. The molecule has 2 aliphatic rings. The first-order valence-corrected chi connectivity index (χ1v) is 7.58. The van der Waals surface area contributed by atoms with Gasteiger partial charge >= 0.3 is 0 Å². The minimum atomic E-state index is -0.116. The third-order valence-corrected chi connectivity index (χ3v) is 4.37. The lowest BCUT2D eigenvalue weighted by Crippen LogP contribution is -2.28. The van der Waals surface area contributed by atoms with Crippen molar-refractivity contribution in [3.05, 3.63) is 12.1 Å². The Morgan fingerprint density at radius 2 is 2.21 bits per heavy atom. The number of nitrogens with one attached hydrogen (secondary N) is 1. The van der Waals surface area contributed by atoms with Gasteiger partial charge in [0.2, 0.25) is 0 Å². The van der Waals surface area contributed by atoms with E-state index in [0.717, 1.165) is 36.6 Å². The second-order valence-corrected chi connectivity index (χ2v) is 5.92. The van der Waals surface area contributed by atoms with E-state index in [9.17, 15) is 4.79 Å². The van der Waals surface area contributed by atoms with Crippen LogP contribution in [0, 0.1) is 0 Å². The van der Waals surface area contributed by atoms with Crippen LogP contribution in [0.25, 0.3) is 0 Å². The van der Waals surface area contributed by atoms with Crippen LogP contribution in [0.2, 0.25) is 0 Å². The fourth-order valence-electron chi connectivity index (χ4n) is 2.39. The molecule has 3 rings (SSSR count).